The largest absolute Gasteiger partial charge is 0.405 e. The van der Waals surface area contributed by atoms with Crippen molar-refractivity contribution in [1.29, 1.82) is 0 Å². The third-order valence-electron chi connectivity index (χ3n) is 2.94. The van der Waals surface area contributed by atoms with Crippen molar-refractivity contribution in [2.45, 2.75) is 12.7 Å². The molecule has 3 amide bonds. The first kappa shape index (κ1) is 18.6. The summed E-state index contributed by atoms with van der Waals surface area (Å²) in [4.78, 5) is 34.3. The highest BCUT2D eigenvalue weighted by molar-refractivity contribution is 7.07. The van der Waals surface area contributed by atoms with Crippen molar-refractivity contribution in [3.63, 3.8) is 0 Å². The fourth-order valence-corrected chi connectivity index (χ4v) is 2.65. The molecule has 0 bridgehead atoms. The molecule has 6 nitrogen and oxygen atoms in total. The number of carbonyl (C=O) groups excluding carboxylic acids is 2. The maximum Gasteiger partial charge on any atom is 0.405 e. The number of halogens is 4. The van der Waals surface area contributed by atoms with Gasteiger partial charge in [0.25, 0.3) is 0 Å². The second-order valence-corrected chi connectivity index (χ2v) is 5.62. The molecule has 0 aliphatic rings. The Kier molecular flexibility index (Phi) is 5.57. The van der Waals surface area contributed by atoms with Crippen LogP contribution in [0.2, 0.25) is 0 Å². The van der Waals surface area contributed by atoms with E-state index in [1.54, 1.807) is 5.32 Å². The molecule has 0 aliphatic heterocycles. The molecule has 1 aromatic heterocycles. The lowest BCUT2D eigenvalue weighted by atomic mass is 10.1. The van der Waals surface area contributed by atoms with Crippen LogP contribution >= 0.6 is 11.3 Å². The molecule has 1 aromatic carbocycles. The van der Waals surface area contributed by atoms with Crippen LogP contribution in [-0.4, -0.2) is 29.2 Å². The van der Waals surface area contributed by atoms with Gasteiger partial charge in [0.1, 0.15) is 18.9 Å². The fraction of sp³-hybridized carbons (Fsp3) is 0.214. The van der Waals surface area contributed by atoms with Crippen molar-refractivity contribution in [1.82, 2.24) is 15.2 Å². The molecule has 0 spiro atoms. The zero-order chi connectivity index (χ0) is 18.6. The number of carbonyl (C=O) groups is 2. The van der Waals surface area contributed by atoms with Crippen molar-refractivity contribution in [3.05, 3.63) is 45.1 Å². The lowest BCUT2D eigenvalue weighted by Crippen LogP contribution is -2.44. The molecule has 0 atom stereocenters. The first-order valence-electron chi connectivity index (χ1n) is 6.75. The molecule has 0 saturated carbocycles. The third kappa shape index (κ3) is 5.14. The Hall–Kier alpha value is -2.69. The molecule has 0 aliphatic carbocycles. The van der Waals surface area contributed by atoms with Gasteiger partial charge < -0.3 is 5.32 Å². The molecule has 2 aromatic rings. The lowest BCUT2D eigenvalue weighted by molar-refractivity contribution is -0.124. The van der Waals surface area contributed by atoms with Crippen LogP contribution in [0.15, 0.2) is 34.4 Å². The number of amides is 3. The Labute approximate surface area is 142 Å². The number of benzene rings is 1. The topological polar surface area (TPSA) is 80.2 Å². The normalized spacial score (nSPS) is 11.2. The van der Waals surface area contributed by atoms with E-state index in [-0.39, 0.29) is 11.3 Å². The number of nitrogens with zero attached hydrogens (tertiary/aromatic N) is 1. The second-order valence-electron chi connectivity index (χ2n) is 4.80. The molecular formula is C14H11F4N3O3S. The number of hydrogen-bond acceptors (Lipinski definition) is 4. The van der Waals surface area contributed by atoms with E-state index in [2.05, 4.69) is 0 Å². The van der Waals surface area contributed by atoms with Gasteiger partial charge in [0.15, 0.2) is 0 Å². The monoisotopic (exact) mass is 377 g/mol. The molecular weight excluding hydrogens is 366 g/mol. The number of alkyl halides is 3. The molecule has 2 rings (SSSR count). The van der Waals surface area contributed by atoms with Crippen LogP contribution < -0.4 is 15.5 Å². The maximum atomic E-state index is 13.8. The molecule has 0 radical (unpaired) electrons. The van der Waals surface area contributed by atoms with Gasteiger partial charge in [-0.25, -0.2) is 9.18 Å². The standard InChI is InChI=1S/C14H11F4N3O3S/c15-9-4-2-1-3-8(9)10-6-25-13(24)21(10)5-11(22)20-12(23)19-7-14(16,17)18/h1-4,6H,5,7H2,(H2,19,20,22,23). The van der Waals surface area contributed by atoms with E-state index in [0.717, 1.165) is 15.9 Å². The van der Waals surface area contributed by atoms with Crippen molar-refractivity contribution in [3.8, 4) is 11.3 Å². The number of nitrogens with one attached hydrogen (secondary N) is 2. The summed E-state index contributed by atoms with van der Waals surface area (Å²) in [5.41, 5.74) is 0.203. The number of thiazole rings is 1. The minimum atomic E-state index is -4.62. The van der Waals surface area contributed by atoms with E-state index in [4.69, 9.17) is 0 Å². The lowest BCUT2D eigenvalue weighted by Gasteiger charge is -2.10. The number of urea groups is 1. The van der Waals surface area contributed by atoms with Gasteiger partial charge in [0, 0.05) is 10.9 Å². The average Bonchev–Trinajstić information content (AvgIpc) is 2.86. The summed E-state index contributed by atoms with van der Waals surface area (Å²) in [5, 5.41) is 4.48. The Balaban J connectivity index is 2.10. The van der Waals surface area contributed by atoms with Gasteiger partial charge >= 0.3 is 17.1 Å². The number of hydrogen-bond donors (Lipinski definition) is 2. The molecule has 134 valence electrons. The van der Waals surface area contributed by atoms with Crippen molar-refractivity contribution in [2.24, 2.45) is 0 Å². The van der Waals surface area contributed by atoms with E-state index in [9.17, 15) is 31.9 Å². The predicted octanol–water partition coefficient (Wildman–Crippen LogP) is 2.10. The van der Waals surface area contributed by atoms with E-state index >= 15 is 0 Å². The van der Waals surface area contributed by atoms with Crippen LogP contribution in [0.1, 0.15) is 0 Å². The van der Waals surface area contributed by atoms with Crippen LogP contribution in [0.4, 0.5) is 22.4 Å². The minimum absolute atomic E-state index is 0.0789. The molecule has 1 heterocycles. The maximum absolute atomic E-state index is 13.8. The van der Waals surface area contributed by atoms with Gasteiger partial charge in [-0.15, -0.1) is 0 Å². The van der Waals surface area contributed by atoms with Crippen LogP contribution in [-0.2, 0) is 11.3 Å². The second kappa shape index (κ2) is 7.47. The highest BCUT2D eigenvalue weighted by Crippen LogP contribution is 2.22. The van der Waals surface area contributed by atoms with Gasteiger partial charge in [-0.2, -0.15) is 13.2 Å². The van der Waals surface area contributed by atoms with Crippen LogP contribution in [0.3, 0.4) is 0 Å². The quantitative estimate of drug-likeness (QED) is 0.801. The highest BCUT2D eigenvalue weighted by atomic mass is 32.1. The van der Waals surface area contributed by atoms with E-state index in [0.29, 0.717) is 0 Å². The third-order valence-corrected chi connectivity index (χ3v) is 3.70. The highest BCUT2D eigenvalue weighted by Gasteiger charge is 2.28. The summed E-state index contributed by atoms with van der Waals surface area (Å²) < 4.78 is 50.7. The number of imide groups is 1. The molecule has 0 fully saturated rings. The zero-order valence-electron chi connectivity index (χ0n) is 12.4. The van der Waals surface area contributed by atoms with Gasteiger partial charge in [0.2, 0.25) is 5.91 Å². The summed E-state index contributed by atoms with van der Waals surface area (Å²) >= 11 is 0.720. The number of aromatic nitrogens is 1. The minimum Gasteiger partial charge on any atom is -0.329 e. The summed E-state index contributed by atoms with van der Waals surface area (Å²) in [7, 11) is 0. The molecule has 25 heavy (non-hydrogen) atoms. The average molecular weight is 377 g/mol. The first-order chi connectivity index (χ1) is 11.7. The van der Waals surface area contributed by atoms with E-state index in [1.165, 1.54) is 35.0 Å². The molecule has 0 unspecified atom stereocenters. The summed E-state index contributed by atoms with van der Waals surface area (Å²) in [6.45, 7) is -2.25. The zero-order valence-corrected chi connectivity index (χ0v) is 13.2. The summed E-state index contributed by atoms with van der Waals surface area (Å²) in [6, 6.07) is 4.22. The summed E-state index contributed by atoms with van der Waals surface area (Å²) in [5.74, 6) is -1.63. The molecule has 2 N–H and O–H groups in total. The summed E-state index contributed by atoms with van der Waals surface area (Å²) in [6.07, 6.45) is -4.62. The Morgan fingerprint density at radius 2 is 1.88 bits per heavy atom. The van der Waals surface area contributed by atoms with E-state index < -0.39 is 41.9 Å². The van der Waals surface area contributed by atoms with Crippen LogP contribution in [0, 0.1) is 5.82 Å². The predicted molar refractivity (Wildman–Crippen MR) is 81.6 cm³/mol. The number of rotatable bonds is 4. The molecule has 11 heteroatoms. The fourth-order valence-electron chi connectivity index (χ4n) is 1.89. The van der Waals surface area contributed by atoms with Crippen LogP contribution in [0.25, 0.3) is 11.3 Å². The van der Waals surface area contributed by atoms with Gasteiger partial charge in [-0.3, -0.25) is 19.5 Å². The van der Waals surface area contributed by atoms with Gasteiger partial charge in [-0.1, -0.05) is 23.5 Å². The van der Waals surface area contributed by atoms with Gasteiger partial charge in [-0.05, 0) is 12.1 Å². The Bertz CT molecular complexity index is 844. The van der Waals surface area contributed by atoms with Crippen LogP contribution in [0.5, 0.6) is 0 Å². The first-order valence-corrected chi connectivity index (χ1v) is 7.63. The Morgan fingerprint density at radius 1 is 1.20 bits per heavy atom. The van der Waals surface area contributed by atoms with Crippen molar-refractivity contribution < 1.29 is 27.2 Å². The van der Waals surface area contributed by atoms with E-state index in [1.807, 2.05) is 0 Å². The van der Waals surface area contributed by atoms with Gasteiger partial charge in [0.05, 0.1) is 5.69 Å². The Morgan fingerprint density at radius 3 is 2.52 bits per heavy atom. The smallest absolute Gasteiger partial charge is 0.329 e. The molecule has 0 saturated heterocycles. The SMILES string of the molecule is O=C(Cn1c(-c2ccccc2F)csc1=O)NC(=O)NCC(F)(F)F. The van der Waals surface area contributed by atoms with Crippen molar-refractivity contribution in [2.75, 3.05) is 6.54 Å². The van der Waals surface area contributed by atoms with Crippen molar-refractivity contribution >= 4 is 23.3 Å².